The van der Waals surface area contributed by atoms with E-state index in [2.05, 4.69) is 5.32 Å². The molecule has 26 heavy (non-hydrogen) atoms. The van der Waals surface area contributed by atoms with E-state index in [4.69, 9.17) is 23.7 Å². The molecule has 0 aromatic heterocycles. The predicted octanol–water partition coefficient (Wildman–Crippen LogP) is 1.49. The fraction of sp³-hybridized carbons (Fsp3) is 0.882. The average Bonchev–Trinajstić information content (AvgIpc) is 2.92. The fourth-order valence-electron chi connectivity index (χ4n) is 3.17. The summed E-state index contributed by atoms with van der Waals surface area (Å²) in [6.07, 6.45) is -2.95. The van der Waals surface area contributed by atoms with Gasteiger partial charge in [-0.15, -0.1) is 0 Å². The van der Waals surface area contributed by atoms with Crippen molar-refractivity contribution in [3.05, 3.63) is 0 Å². The second kappa shape index (κ2) is 7.67. The molecule has 1 amide bonds. The fourth-order valence-corrected chi connectivity index (χ4v) is 3.17. The number of carbonyl (C=O) groups is 2. The molecule has 2 rings (SSSR count). The Hall–Kier alpha value is -1.42. The van der Waals surface area contributed by atoms with E-state index in [9.17, 15) is 14.7 Å². The smallest absolute Gasteiger partial charge is 0.407 e. The summed E-state index contributed by atoms with van der Waals surface area (Å²) >= 11 is 0. The summed E-state index contributed by atoms with van der Waals surface area (Å²) < 4.78 is 27.8. The van der Waals surface area contributed by atoms with Crippen LogP contribution in [0, 0.1) is 5.92 Å². The van der Waals surface area contributed by atoms with Crippen molar-refractivity contribution in [2.75, 3.05) is 13.7 Å². The van der Waals surface area contributed by atoms with Crippen LogP contribution in [-0.2, 0) is 28.5 Å². The molecule has 5 atom stereocenters. The van der Waals surface area contributed by atoms with Crippen LogP contribution >= 0.6 is 0 Å². The first-order chi connectivity index (χ1) is 11.9. The van der Waals surface area contributed by atoms with E-state index >= 15 is 0 Å². The van der Waals surface area contributed by atoms with Crippen LogP contribution in [0.2, 0.25) is 0 Å². The van der Waals surface area contributed by atoms with E-state index in [1.165, 1.54) is 7.11 Å². The Morgan fingerprint density at radius 2 is 1.92 bits per heavy atom. The molecule has 2 heterocycles. The zero-order chi connectivity index (χ0) is 19.7. The second-order valence-electron chi connectivity index (χ2n) is 7.93. The zero-order valence-corrected chi connectivity index (χ0v) is 16.1. The number of ether oxygens (including phenoxy) is 5. The van der Waals surface area contributed by atoms with Crippen molar-refractivity contribution in [2.45, 2.75) is 77.0 Å². The minimum absolute atomic E-state index is 0.130. The Bertz CT molecular complexity index is 529. The molecule has 2 saturated heterocycles. The number of alkyl carbamates (subject to hydrolysis) is 1. The summed E-state index contributed by atoms with van der Waals surface area (Å²) in [4.78, 5) is 23.4. The maximum atomic E-state index is 11.7. The summed E-state index contributed by atoms with van der Waals surface area (Å²) in [5, 5.41) is 12.2. The molecule has 2 N–H and O–H groups in total. The van der Waals surface area contributed by atoms with Crippen molar-refractivity contribution in [1.29, 1.82) is 0 Å². The van der Waals surface area contributed by atoms with Crippen LogP contribution < -0.4 is 5.32 Å². The van der Waals surface area contributed by atoms with Gasteiger partial charge in [0.25, 0.3) is 0 Å². The highest BCUT2D eigenvalue weighted by atomic mass is 16.8. The van der Waals surface area contributed by atoms with Gasteiger partial charge in [-0.25, -0.2) is 4.79 Å². The topological polar surface area (TPSA) is 113 Å². The number of rotatable bonds is 6. The van der Waals surface area contributed by atoms with Crippen molar-refractivity contribution >= 4 is 12.1 Å². The summed E-state index contributed by atoms with van der Waals surface area (Å²) in [5.41, 5.74) is -0.620. The van der Waals surface area contributed by atoms with Gasteiger partial charge in [0.15, 0.2) is 12.1 Å². The minimum Gasteiger partial charge on any atom is -0.481 e. The van der Waals surface area contributed by atoms with Crippen molar-refractivity contribution in [3.63, 3.8) is 0 Å². The number of aliphatic carboxylic acids is 1. The highest BCUT2D eigenvalue weighted by Gasteiger charge is 2.57. The summed E-state index contributed by atoms with van der Waals surface area (Å²) in [7, 11) is 1.48. The van der Waals surface area contributed by atoms with Crippen molar-refractivity contribution in [2.24, 2.45) is 5.92 Å². The number of carboxylic acid groups (broad SMARTS) is 1. The molecule has 2 aliphatic heterocycles. The monoisotopic (exact) mass is 375 g/mol. The Balaban J connectivity index is 1.95. The van der Waals surface area contributed by atoms with Crippen LogP contribution in [0.25, 0.3) is 0 Å². The maximum absolute atomic E-state index is 11.7. The number of carbonyl (C=O) groups excluding carboxylic acids is 1. The summed E-state index contributed by atoms with van der Waals surface area (Å²) in [5.74, 6) is -2.74. The van der Waals surface area contributed by atoms with Crippen molar-refractivity contribution < 1.29 is 38.4 Å². The van der Waals surface area contributed by atoms with E-state index < -0.39 is 54.0 Å². The molecule has 0 unspecified atom stereocenters. The molecule has 0 aromatic rings. The van der Waals surface area contributed by atoms with Crippen LogP contribution in [-0.4, -0.2) is 66.8 Å². The molecule has 2 aliphatic rings. The van der Waals surface area contributed by atoms with E-state index in [1.807, 2.05) is 0 Å². The first-order valence-electron chi connectivity index (χ1n) is 8.67. The van der Waals surface area contributed by atoms with Gasteiger partial charge in [-0.1, -0.05) is 0 Å². The van der Waals surface area contributed by atoms with Gasteiger partial charge in [-0.3, -0.25) is 4.79 Å². The molecule has 0 aliphatic carbocycles. The number of methoxy groups -OCH3 is 1. The van der Waals surface area contributed by atoms with Gasteiger partial charge in [-0.05, 0) is 41.0 Å². The Morgan fingerprint density at radius 3 is 2.46 bits per heavy atom. The molecule has 0 bridgehead atoms. The molecular weight excluding hydrogens is 346 g/mol. The normalized spacial score (nSPS) is 31.3. The van der Waals surface area contributed by atoms with Gasteiger partial charge in [-0.2, -0.15) is 0 Å². The largest absolute Gasteiger partial charge is 0.481 e. The standard InChI is InChI=1S/C17H29NO8/c1-16(2,3)26-15(21)18-8-7-9(13(19)20)10-11(22-6)12-14(23-10)25-17(4,5)24-12/h9-12,14H,7-8H2,1-6H3,(H,18,21)(H,19,20)/t9-,10+,11-,12+,14+/m0/s1. The highest BCUT2D eigenvalue weighted by molar-refractivity contribution is 5.71. The highest BCUT2D eigenvalue weighted by Crippen LogP contribution is 2.41. The molecule has 9 heteroatoms. The van der Waals surface area contributed by atoms with Gasteiger partial charge >= 0.3 is 12.1 Å². The van der Waals surface area contributed by atoms with Crippen LogP contribution in [0.5, 0.6) is 0 Å². The first-order valence-corrected chi connectivity index (χ1v) is 8.67. The van der Waals surface area contributed by atoms with Gasteiger partial charge in [0.05, 0.1) is 5.92 Å². The van der Waals surface area contributed by atoms with Crippen molar-refractivity contribution in [1.82, 2.24) is 5.32 Å². The maximum Gasteiger partial charge on any atom is 0.407 e. The van der Waals surface area contributed by atoms with Gasteiger partial charge in [0.2, 0.25) is 0 Å². The van der Waals surface area contributed by atoms with Crippen LogP contribution in [0.3, 0.4) is 0 Å². The Morgan fingerprint density at radius 1 is 1.27 bits per heavy atom. The lowest BCUT2D eigenvalue weighted by Gasteiger charge is -2.28. The second-order valence-corrected chi connectivity index (χ2v) is 7.93. The quantitative estimate of drug-likeness (QED) is 0.718. The molecule has 0 radical (unpaired) electrons. The van der Waals surface area contributed by atoms with Gasteiger partial charge < -0.3 is 34.1 Å². The molecule has 9 nitrogen and oxygen atoms in total. The van der Waals surface area contributed by atoms with E-state index in [0.717, 1.165) is 0 Å². The number of amides is 1. The number of nitrogens with one attached hydrogen (secondary N) is 1. The molecule has 0 saturated carbocycles. The Labute approximate surface area is 153 Å². The third kappa shape index (κ3) is 5.06. The van der Waals surface area contributed by atoms with Crippen LogP contribution in [0.4, 0.5) is 4.79 Å². The number of carboxylic acids is 1. The lowest BCUT2D eigenvalue weighted by atomic mass is 9.93. The van der Waals surface area contributed by atoms with Crippen molar-refractivity contribution in [3.8, 4) is 0 Å². The number of fused-ring (bicyclic) bond motifs is 1. The minimum atomic E-state index is -1.04. The SMILES string of the molecule is CO[C@@H]1[C@H]2OC(C)(C)O[C@H]2O[C@@H]1[C@H](CCNC(=O)OC(C)(C)C)C(=O)O. The molecular formula is C17H29NO8. The molecule has 2 fully saturated rings. The average molecular weight is 375 g/mol. The van der Waals surface area contributed by atoms with E-state index in [0.29, 0.717) is 0 Å². The van der Waals surface area contributed by atoms with Crippen LogP contribution in [0.1, 0.15) is 41.0 Å². The summed E-state index contributed by atoms with van der Waals surface area (Å²) in [6, 6.07) is 0. The lowest BCUT2D eigenvalue weighted by molar-refractivity contribution is -0.223. The molecule has 0 aromatic carbocycles. The third-order valence-corrected chi connectivity index (χ3v) is 4.14. The van der Waals surface area contributed by atoms with E-state index in [-0.39, 0.29) is 13.0 Å². The first kappa shape index (κ1) is 20.9. The lowest BCUT2D eigenvalue weighted by Crippen LogP contribution is -2.43. The number of hydrogen-bond donors (Lipinski definition) is 2. The Kier molecular flexibility index (Phi) is 6.17. The molecule has 0 spiro atoms. The van der Waals surface area contributed by atoms with Gasteiger partial charge in [0, 0.05) is 13.7 Å². The number of hydrogen-bond acceptors (Lipinski definition) is 7. The molecule has 150 valence electrons. The zero-order valence-electron chi connectivity index (χ0n) is 16.1. The third-order valence-electron chi connectivity index (χ3n) is 4.14. The predicted molar refractivity (Wildman–Crippen MR) is 89.5 cm³/mol. The van der Waals surface area contributed by atoms with Gasteiger partial charge in [0.1, 0.15) is 23.9 Å². The van der Waals surface area contributed by atoms with Crippen LogP contribution in [0.15, 0.2) is 0 Å². The van der Waals surface area contributed by atoms with E-state index in [1.54, 1.807) is 34.6 Å². The summed E-state index contributed by atoms with van der Waals surface area (Å²) in [6.45, 7) is 8.91.